The molecule has 138 valence electrons. The fourth-order valence-electron chi connectivity index (χ4n) is 2.62. The molecule has 0 aliphatic heterocycles. The molecule has 0 bridgehead atoms. The van der Waals surface area contributed by atoms with E-state index >= 15 is 0 Å². The summed E-state index contributed by atoms with van der Waals surface area (Å²) < 4.78 is 15.2. The fraction of sp³-hybridized carbons (Fsp3) is 0.150. The summed E-state index contributed by atoms with van der Waals surface area (Å²) in [6.45, 7) is 0.119. The number of aromatic nitrogens is 2. The number of halogens is 1. The van der Waals surface area contributed by atoms with Gasteiger partial charge in [0.05, 0.1) is 0 Å². The molecule has 0 atom stereocenters. The molecule has 0 saturated heterocycles. The van der Waals surface area contributed by atoms with Gasteiger partial charge in [0.25, 0.3) is 11.8 Å². The van der Waals surface area contributed by atoms with Crippen LogP contribution in [0.15, 0.2) is 60.7 Å². The number of carbonyl (C=O) groups excluding carboxylic acids is 2. The summed E-state index contributed by atoms with van der Waals surface area (Å²) in [5.74, 6) is -0.633. The standard InChI is InChI=1S/C20H19FN4O2/c1-24(13-15-10-6-7-11-16(15)21)20(27)17-12-18(25(2)23-17)22-19(26)14-8-4-3-5-9-14/h3-12H,13H2,1-2H3,(H,22,26). The van der Waals surface area contributed by atoms with Crippen molar-refractivity contribution in [2.75, 3.05) is 12.4 Å². The van der Waals surface area contributed by atoms with E-state index in [2.05, 4.69) is 10.4 Å². The number of nitrogens with zero attached hydrogens (tertiary/aromatic N) is 3. The lowest BCUT2D eigenvalue weighted by molar-refractivity contribution is 0.0777. The lowest BCUT2D eigenvalue weighted by Crippen LogP contribution is -2.27. The molecule has 3 rings (SSSR count). The molecule has 0 spiro atoms. The highest BCUT2D eigenvalue weighted by atomic mass is 19.1. The number of nitrogens with one attached hydrogen (secondary N) is 1. The number of aryl methyl sites for hydroxylation is 1. The van der Waals surface area contributed by atoms with E-state index in [0.717, 1.165) is 0 Å². The highest BCUT2D eigenvalue weighted by Crippen LogP contribution is 2.15. The zero-order valence-electron chi connectivity index (χ0n) is 15.0. The van der Waals surface area contributed by atoms with Crippen molar-refractivity contribution in [1.29, 1.82) is 0 Å². The predicted octanol–water partition coefficient (Wildman–Crippen LogP) is 3.08. The zero-order valence-corrected chi connectivity index (χ0v) is 15.0. The Morgan fingerprint density at radius 2 is 1.78 bits per heavy atom. The predicted molar refractivity (Wildman–Crippen MR) is 99.8 cm³/mol. The Kier molecular flexibility index (Phi) is 5.30. The first kappa shape index (κ1) is 18.3. The Morgan fingerprint density at radius 3 is 2.48 bits per heavy atom. The van der Waals surface area contributed by atoms with Crippen LogP contribution in [0.4, 0.5) is 10.2 Å². The van der Waals surface area contributed by atoms with Gasteiger partial charge in [0.2, 0.25) is 0 Å². The van der Waals surface area contributed by atoms with E-state index in [1.165, 1.54) is 21.7 Å². The lowest BCUT2D eigenvalue weighted by atomic mass is 10.2. The second kappa shape index (κ2) is 7.82. The topological polar surface area (TPSA) is 67.2 Å². The quantitative estimate of drug-likeness (QED) is 0.755. The van der Waals surface area contributed by atoms with Crippen molar-refractivity contribution in [3.8, 4) is 0 Å². The third-order valence-electron chi connectivity index (χ3n) is 4.09. The Bertz CT molecular complexity index is 969. The summed E-state index contributed by atoms with van der Waals surface area (Å²) in [7, 11) is 3.21. The van der Waals surface area contributed by atoms with Crippen molar-refractivity contribution in [1.82, 2.24) is 14.7 Å². The summed E-state index contributed by atoms with van der Waals surface area (Å²) in [5.41, 5.74) is 1.09. The third kappa shape index (κ3) is 4.20. The smallest absolute Gasteiger partial charge is 0.274 e. The number of amides is 2. The molecule has 0 aliphatic carbocycles. The molecule has 2 aromatic carbocycles. The largest absolute Gasteiger partial charge is 0.336 e. The van der Waals surface area contributed by atoms with Crippen molar-refractivity contribution in [2.45, 2.75) is 6.54 Å². The van der Waals surface area contributed by atoms with E-state index in [-0.39, 0.29) is 29.9 Å². The molecule has 7 heteroatoms. The minimum absolute atomic E-state index is 0.119. The molecule has 3 aromatic rings. The van der Waals surface area contributed by atoms with Gasteiger partial charge in [-0.3, -0.25) is 14.3 Å². The van der Waals surface area contributed by atoms with E-state index in [1.54, 1.807) is 56.6 Å². The number of rotatable bonds is 5. The second-order valence-electron chi connectivity index (χ2n) is 6.11. The highest BCUT2D eigenvalue weighted by Gasteiger charge is 2.19. The van der Waals surface area contributed by atoms with E-state index < -0.39 is 0 Å². The number of hydrogen-bond acceptors (Lipinski definition) is 3. The van der Waals surface area contributed by atoms with Crippen LogP contribution in [0, 0.1) is 5.82 Å². The molecule has 1 N–H and O–H groups in total. The molecule has 0 radical (unpaired) electrons. The molecular weight excluding hydrogens is 347 g/mol. The first-order valence-corrected chi connectivity index (χ1v) is 8.35. The van der Waals surface area contributed by atoms with Crippen molar-refractivity contribution >= 4 is 17.6 Å². The average molecular weight is 366 g/mol. The van der Waals surface area contributed by atoms with Crippen LogP contribution in [0.5, 0.6) is 0 Å². The average Bonchev–Trinajstić information content (AvgIpc) is 3.04. The van der Waals surface area contributed by atoms with Crippen LogP contribution in [-0.2, 0) is 13.6 Å². The maximum absolute atomic E-state index is 13.8. The van der Waals surface area contributed by atoms with Crippen molar-refractivity contribution in [2.24, 2.45) is 7.05 Å². The first-order chi connectivity index (χ1) is 13.0. The number of anilines is 1. The zero-order chi connectivity index (χ0) is 19.4. The number of hydrogen-bond donors (Lipinski definition) is 1. The molecule has 1 aromatic heterocycles. The van der Waals surface area contributed by atoms with Gasteiger partial charge in [0, 0.05) is 37.8 Å². The van der Waals surface area contributed by atoms with Gasteiger partial charge in [0.1, 0.15) is 11.6 Å². The van der Waals surface area contributed by atoms with E-state index in [9.17, 15) is 14.0 Å². The van der Waals surface area contributed by atoms with Crippen molar-refractivity contribution in [3.05, 3.63) is 83.3 Å². The van der Waals surface area contributed by atoms with Crippen LogP contribution in [0.1, 0.15) is 26.4 Å². The Morgan fingerprint density at radius 1 is 1.11 bits per heavy atom. The first-order valence-electron chi connectivity index (χ1n) is 8.35. The van der Waals surface area contributed by atoms with E-state index in [4.69, 9.17) is 0 Å². The summed E-state index contributed by atoms with van der Waals surface area (Å²) in [6.07, 6.45) is 0. The second-order valence-corrected chi connectivity index (χ2v) is 6.11. The van der Waals surface area contributed by atoms with Crippen LogP contribution < -0.4 is 5.32 Å². The normalized spacial score (nSPS) is 10.5. The fourth-order valence-corrected chi connectivity index (χ4v) is 2.62. The van der Waals surface area contributed by atoms with Crippen LogP contribution >= 0.6 is 0 Å². The maximum Gasteiger partial charge on any atom is 0.274 e. The minimum atomic E-state index is -0.367. The molecule has 27 heavy (non-hydrogen) atoms. The molecule has 0 fully saturated rings. The SMILES string of the molecule is CN(Cc1ccccc1F)C(=O)c1cc(NC(=O)c2ccccc2)n(C)n1. The third-order valence-corrected chi connectivity index (χ3v) is 4.09. The van der Waals surface area contributed by atoms with Gasteiger partial charge in [-0.15, -0.1) is 0 Å². The minimum Gasteiger partial charge on any atom is -0.336 e. The van der Waals surface area contributed by atoms with Gasteiger partial charge in [-0.2, -0.15) is 5.10 Å². The number of carbonyl (C=O) groups is 2. The summed E-state index contributed by atoms with van der Waals surface area (Å²) in [6, 6.07) is 16.5. The molecule has 0 saturated carbocycles. The van der Waals surface area contributed by atoms with Gasteiger partial charge in [-0.05, 0) is 18.2 Å². The Balaban J connectivity index is 1.72. The van der Waals surface area contributed by atoms with E-state index in [1.807, 2.05) is 6.07 Å². The van der Waals surface area contributed by atoms with Gasteiger partial charge in [0.15, 0.2) is 5.69 Å². The van der Waals surface area contributed by atoms with Crippen LogP contribution in [-0.4, -0.2) is 33.5 Å². The molecule has 0 aliphatic rings. The van der Waals surface area contributed by atoms with E-state index in [0.29, 0.717) is 16.9 Å². The van der Waals surface area contributed by atoms with Crippen LogP contribution in [0.2, 0.25) is 0 Å². The van der Waals surface area contributed by atoms with Crippen molar-refractivity contribution in [3.63, 3.8) is 0 Å². The van der Waals surface area contributed by atoms with Gasteiger partial charge >= 0.3 is 0 Å². The molecular formula is C20H19FN4O2. The molecule has 0 unspecified atom stereocenters. The number of benzene rings is 2. The van der Waals surface area contributed by atoms with Crippen LogP contribution in [0.3, 0.4) is 0 Å². The van der Waals surface area contributed by atoms with Gasteiger partial charge < -0.3 is 10.2 Å². The van der Waals surface area contributed by atoms with Gasteiger partial charge in [-0.1, -0.05) is 36.4 Å². The van der Waals surface area contributed by atoms with Crippen molar-refractivity contribution < 1.29 is 14.0 Å². The monoisotopic (exact) mass is 366 g/mol. The van der Waals surface area contributed by atoms with Gasteiger partial charge in [-0.25, -0.2) is 4.39 Å². The molecule has 6 nitrogen and oxygen atoms in total. The summed E-state index contributed by atoms with van der Waals surface area (Å²) in [5, 5.41) is 6.89. The van der Waals surface area contributed by atoms with Crippen LogP contribution in [0.25, 0.3) is 0 Å². The lowest BCUT2D eigenvalue weighted by Gasteiger charge is -2.16. The summed E-state index contributed by atoms with van der Waals surface area (Å²) in [4.78, 5) is 26.2. The summed E-state index contributed by atoms with van der Waals surface area (Å²) >= 11 is 0. The maximum atomic E-state index is 13.8. The molecule has 2 amide bonds. The Labute approximate surface area is 156 Å². The highest BCUT2D eigenvalue weighted by molar-refractivity contribution is 6.04. The Hall–Kier alpha value is -3.48. The molecule has 1 heterocycles.